The fraction of sp³-hybridized carbons (Fsp3) is 0.816. The molecule has 12 heteroatoms. The van der Waals surface area contributed by atoms with E-state index in [1.165, 1.54) is 116 Å². The summed E-state index contributed by atoms with van der Waals surface area (Å²) in [5, 5.41) is 21.9. The summed E-state index contributed by atoms with van der Waals surface area (Å²) in [5.41, 5.74) is 0. The van der Waals surface area contributed by atoms with Crippen molar-refractivity contribution in [3.8, 4) is 0 Å². The summed E-state index contributed by atoms with van der Waals surface area (Å²) in [5.74, 6) is -2.38. The molecule has 3 unspecified atom stereocenters. The van der Waals surface area contributed by atoms with Crippen molar-refractivity contribution in [2.45, 2.75) is 238 Å². The van der Waals surface area contributed by atoms with Crippen LogP contribution in [0.4, 0.5) is 0 Å². The van der Waals surface area contributed by atoms with Crippen LogP contribution in [0.2, 0.25) is 0 Å². The van der Waals surface area contributed by atoms with Crippen molar-refractivity contribution in [1.82, 2.24) is 5.32 Å². The molecule has 0 saturated carbocycles. The molecule has 0 aliphatic heterocycles. The van der Waals surface area contributed by atoms with Crippen molar-refractivity contribution >= 4 is 25.7 Å². The van der Waals surface area contributed by atoms with E-state index in [-0.39, 0.29) is 12.8 Å². The van der Waals surface area contributed by atoms with E-state index in [9.17, 15) is 34.1 Å². The number of esters is 1. The summed E-state index contributed by atoms with van der Waals surface area (Å²) in [6.45, 7) is 2.58. The Balaban J connectivity index is 3.86. The van der Waals surface area contributed by atoms with Gasteiger partial charge < -0.3 is 25.2 Å². The van der Waals surface area contributed by atoms with Gasteiger partial charge in [-0.05, 0) is 51.4 Å². The maximum Gasteiger partial charge on any atom is 0.472 e. The van der Waals surface area contributed by atoms with E-state index in [0.717, 1.165) is 70.6 Å². The third-order valence-electron chi connectivity index (χ3n) is 10.7. The van der Waals surface area contributed by atoms with E-state index < -0.39 is 57.6 Å². The highest BCUT2D eigenvalue weighted by Gasteiger charge is 2.28. The quantitative estimate of drug-likeness (QED) is 0.0200. The van der Waals surface area contributed by atoms with Crippen LogP contribution in [-0.2, 0) is 32.7 Å². The molecule has 11 nitrogen and oxygen atoms in total. The average Bonchev–Trinajstić information content (AvgIpc) is 3.24. The fourth-order valence-electron chi connectivity index (χ4n) is 6.85. The van der Waals surface area contributed by atoms with Crippen molar-refractivity contribution in [3.63, 3.8) is 0 Å². The Morgan fingerprint density at radius 1 is 0.525 bits per heavy atom. The van der Waals surface area contributed by atoms with Crippen molar-refractivity contribution in [2.24, 2.45) is 0 Å². The molecule has 0 radical (unpaired) electrons. The lowest BCUT2D eigenvalue weighted by Gasteiger charge is -2.18. The molecule has 0 rings (SSSR count). The minimum Gasteiger partial charge on any atom is -0.480 e. The third-order valence-corrected chi connectivity index (χ3v) is 11.6. The smallest absolute Gasteiger partial charge is 0.472 e. The van der Waals surface area contributed by atoms with Crippen molar-refractivity contribution in [1.29, 1.82) is 0 Å². The largest absolute Gasteiger partial charge is 0.480 e. The number of phosphoric acid groups is 1. The molecule has 61 heavy (non-hydrogen) atoms. The van der Waals surface area contributed by atoms with Gasteiger partial charge in [-0.3, -0.25) is 18.6 Å². The van der Waals surface area contributed by atoms with Crippen LogP contribution in [0.3, 0.4) is 0 Å². The summed E-state index contributed by atoms with van der Waals surface area (Å²) in [6, 6.07) is -1.55. The van der Waals surface area contributed by atoms with Crippen molar-refractivity contribution in [3.05, 3.63) is 36.5 Å². The summed E-state index contributed by atoms with van der Waals surface area (Å²) in [6.07, 6.45) is 48.7. The fourth-order valence-corrected chi connectivity index (χ4v) is 7.63. The van der Waals surface area contributed by atoms with Gasteiger partial charge in [0.1, 0.15) is 12.7 Å². The molecule has 0 aromatic carbocycles. The molecule has 0 bridgehead atoms. The number of hydrogen-bond acceptors (Lipinski definition) is 8. The first-order valence-electron chi connectivity index (χ1n) is 24.5. The van der Waals surface area contributed by atoms with E-state index in [2.05, 4.69) is 55.6 Å². The SMILES string of the molecule is CCCCC/C=C\C/C=C\C/C=C\CCCCCCCCC(=O)OCC(O)COP(=O)(O)OCC(NC(=O)CCCCCCCCCCCCCCCCCCCC)C(=O)O. The number of aliphatic hydroxyl groups excluding tert-OH is 1. The maximum absolute atomic E-state index is 12.3. The Hall–Kier alpha value is -2.30. The minimum absolute atomic E-state index is 0.148. The zero-order chi connectivity index (χ0) is 44.9. The number of aliphatic carboxylic acids is 1. The van der Waals surface area contributed by atoms with Gasteiger partial charge in [-0.15, -0.1) is 0 Å². The Morgan fingerprint density at radius 2 is 0.902 bits per heavy atom. The number of rotatable bonds is 46. The number of carboxylic acids is 1. The topological polar surface area (TPSA) is 169 Å². The number of unbranched alkanes of at least 4 members (excludes halogenated alkanes) is 26. The molecule has 0 saturated heterocycles. The lowest BCUT2D eigenvalue weighted by Crippen LogP contribution is -2.43. The lowest BCUT2D eigenvalue weighted by atomic mass is 10.0. The number of allylic oxidation sites excluding steroid dienone is 6. The second-order valence-electron chi connectivity index (χ2n) is 16.7. The summed E-state index contributed by atoms with van der Waals surface area (Å²) >= 11 is 0. The number of hydrogen-bond donors (Lipinski definition) is 4. The first kappa shape index (κ1) is 58.7. The molecule has 0 aromatic rings. The highest BCUT2D eigenvalue weighted by Crippen LogP contribution is 2.43. The number of carbonyl (C=O) groups is 3. The molecule has 0 aliphatic carbocycles. The monoisotopic (exact) mass is 884 g/mol. The summed E-state index contributed by atoms with van der Waals surface area (Å²) < 4.78 is 26.9. The van der Waals surface area contributed by atoms with Crippen LogP contribution in [0.1, 0.15) is 226 Å². The van der Waals surface area contributed by atoms with E-state index in [0.29, 0.717) is 12.8 Å². The van der Waals surface area contributed by atoms with Gasteiger partial charge in [0, 0.05) is 12.8 Å². The number of phosphoric ester groups is 1. The van der Waals surface area contributed by atoms with Crippen LogP contribution >= 0.6 is 7.82 Å². The van der Waals surface area contributed by atoms with Crippen LogP contribution < -0.4 is 5.32 Å². The maximum atomic E-state index is 12.3. The molecule has 0 fully saturated rings. The Labute approximate surface area is 371 Å². The second kappa shape index (κ2) is 44.3. The summed E-state index contributed by atoms with van der Waals surface area (Å²) in [7, 11) is -4.76. The Bertz CT molecular complexity index is 1180. The predicted molar refractivity (Wildman–Crippen MR) is 249 cm³/mol. The predicted octanol–water partition coefficient (Wildman–Crippen LogP) is 13.2. The Kier molecular flexibility index (Phi) is 42.6. The second-order valence-corrected chi connectivity index (χ2v) is 18.1. The number of amides is 1. The van der Waals surface area contributed by atoms with Gasteiger partial charge in [-0.1, -0.05) is 198 Å². The number of aliphatic hydroxyl groups is 1. The van der Waals surface area contributed by atoms with E-state index in [4.69, 9.17) is 13.8 Å². The number of carbonyl (C=O) groups excluding carboxylic acids is 2. The first-order chi connectivity index (χ1) is 29.6. The highest BCUT2D eigenvalue weighted by atomic mass is 31.2. The molecule has 3 atom stereocenters. The highest BCUT2D eigenvalue weighted by molar-refractivity contribution is 7.47. The van der Waals surface area contributed by atoms with Crippen LogP contribution in [0, 0.1) is 0 Å². The van der Waals surface area contributed by atoms with Gasteiger partial charge in [-0.25, -0.2) is 9.36 Å². The summed E-state index contributed by atoms with van der Waals surface area (Å²) in [4.78, 5) is 46.1. The third kappa shape index (κ3) is 44.1. The van der Waals surface area contributed by atoms with Gasteiger partial charge in [-0.2, -0.15) is 0 Å². The molecular weight excluding hydrogens is 794 g/mol. The van der Waals surface area contributed by atoms with Gasteiger partial charge in [0.05, 0.1) is 13.2 Å². The van der Waals surface area contributed by atoms with Gasteiger partial charge in [0.25, 0.3) is 0 Å². The van der Waals surface area contributed by atoms with E-state index >= 15 is 0 Å². The lowest BCUT2D eigenvalue weighted by molar-refractivity contribution is -0.147. The zero-order valence-electron chi connectivity index (χ0n) is 38.7. The molecule has 0 aromatic heterocycles. The number of carboxylic acid groups (broad SMARTS) is 1. The van der Waals surface area contributed by atoms with Crippen LogP contribution in [-0.4, -0.2) is 64.9 Å². The minimum atomic E-state index is -4.76. The molecule has 356 valence electrons. The normalized spacial score (nSPS) is 13.9. The van der Waals surface area contributed by atoms with Crippen LogP contribution in [0.25, 0.3) is 0 Å². The molecule has 0 heterocycles. The molecule has 1 amide bonds. The molecule has 0 spiro atoms. The molecular formula is C49H90NO10P. The van der Waals surface area contributed by atoms with Crippen molar-refractivity contribution < 1.29 is 47.8 Å². The van der Waals surface area contributed by atoms with Crippen molar-refractivity contribution in [2.75, 3.05) is 19.8 Å². The van der Waals surface area contributed by atoms with Crippen LogP contribution in [0.5, 0.6) is 0 Å². The van der Waals surface area contributed by atoms with Gasteiger partial charge in [0.2, 0.25) is 5.91 Å². The van der Waals surface area contributed by atoms with E-state index in [1.54, 1.807) is 0 Å². The van der Waals surface area contributed by atoms with E-state index in [1.807, 2.05) is 0 Å². The standard InChI is InChI=1S/C49H90NO10P/c1-3-5-7-9-11-13-15-17-19-21-23-25-27-29-31-33-35-37-39-41-48(53)58-42-45(51)43-59-61(56,57)60-44-46(49(54)55)50-47(52)40-38-36-34-32-30-28-26-24-22-20-18-16-14-12-10-8-6-4-2/h11,13,17,19,23,25,45-46,51H,3-10,12,14-16,18,20-22,24,26-44H2,1-2H3,(H,50,52)(H,54,55)(H,56,57)/b13-11-,19-17-,25-23-. The molecule has 4 N–H and O–H groups in total. The first-order valence-corrected chi connectivity index (χ1v) is 26.0. The number of ether oxygens (including phenoxy) is 1. The van der Waals surface area contributed by atoms with Crippen LogP contribution in [0.15, 0.2) is 36.5 Å². The number of nitrogens with one attached hydrogen (secondary N) is 1. The Morgan fingerprint density at radius 3 is 1.38 bits per heavy atom. The zero-order valence-corrected chi connectivity index (χ0v) is 39.6. The van der Waals surface area contributed by atoms with Gasteiger partial charge in [0.15, 0.2) is 6.04 Å². The molecule has 0 aliphatic rings. The van der Waals surface area contributed by atoms with Gasteiger partial charge >= 0.3 is 19.8 Å². The average molecular weight is 884 g/mol.